The number of carbonyl (C=O) groups excluding carboxylic acids is 2. The standard InChI is InChI=1S/C18H15F2N3O5/c1-10(13-6-11(19)2-4-14(13)20)21-17(24)8-22-15-7-12(23(26)27)3-5-16(15)28-9-18(22)25/h2-7,10H,8-9H2,1H3,(H,21,24). The van der Waals surface area contributed by atoms with Crippen molar-refractivity contribution in [3.8, 4) is 5.75 Å². The van der Waals surface area contributed by atoms with Gasteiger partial charge in [-0.3, -0.25) is 24.6 Å². The van der Waals surface area contributed by atoms with E-state index in [-0.39, 0.29) is 29.3 Å². The number of non-ortho nitro benzene ring substituents is 1. The highest BCUT2D eigenvalue weighted by molar-refractivity contribution is 6.02. The lowest BCUT2D eigenvalue weighted by Crippen LogP contribution is -2.45. The molecule has 2 aromatic carbocycles. The quantitative estimate of drug-likeness (QED) is 0.623. The molecule has 1 aliphatic heterocycles. The first-order valence-corrected chi connectivity index (χ1v) is 8.22. The maximum absolute atomic E-state index is 13.8. The minimum absolute atomic E-state index is 0.0438. The van der Waals surface area contributed by atoms with E-state index in [9.17, 15) is 28.5 Å². The zero-order chi connectivity index (χ0) is 20.4. The third kappa shape index (κ3) is 3.90. The van der Waals surface area contributed by atoms with Crippen LogP contribution < -0.4 is 15.0 Å². The smallest absolute Gasteiger partial charge is 0.271 e. The number of hydrogen-bond acceptors (Lipinski definition) is 5. The van der Waals surface area contributed by atoms with Gasteiger partial charge in [-0.2, -0.15) is 0 Å². The van der Waals surface area contributed by atoms with E-state index in [2.05, 4.69) is 5.32 Å². The summed E-state index contributed by atoms with van der Waals surface area (Å²) in [5.74, 6) is -2.32. The molecule has 0 aromatic heterocycles. The second-order valence-corrected chi connectivity index (χ2v) is 6.13. The van der Waals surface area contributed by atoms with Gasteiger partial charge in [0.05, 0.1) is 16.7 Å². The predicted octanol–water partition coefficient (Wildman–Crippen LogP) is 2.48. The van der Waals surface area contributed by atoms with Crippen molar-refractivity contribution in [2.24, 2.45) is 0 Å². The fourth-order valence-corrected chi connectivity index (χ4v) is 2.83. The Balaban J connectivity index is 1.78. The van der Waals surface area contributed by atoms with Crippen molar-refractivity contribution in [1.29, 1.82) is 0 Å². The van der Waals surface area contributed by atoms with E-state index < -0.39 is 41.0 Å². The van der Waals surface area contributed by atoms with E-state index in [0.29, 0.717) is 0 Å². The summed E-state index contributed by atoms with van der Waals surface area (Å²) in [5, 5.41) is 13.5. The molecule has 1 aliphatic rings. The molecule has 1 unspecified atom stereocenters. The number of fused-ring (bicyclic) bond motifs is 1. The minimum Gasteiger partial charge on any atom is -0.482 e. The Labute approximate surface area is 157 Å². The van der Waals surface area contributed by atoms with Crippen LogP contribution in [0.5, 0.6) is 5.75 Å². The van der Waals surface area contributed by atoms with Gasteiger partial charge in [0.2, 0.25) is 5.91 Å². The summed E-state index contributed by atoms with van der Waals surface area (Å²) in [4.78, 5) is 35.9. The van der Waals surface area contributed by atoms with Gasteiger partial charge in [0.25, 0.3) is 11.6 Å². The highest BCUT2D eigenvalue weighted by atomic mass is 19.1. The normalized spacial score (nSPS) is 14.1. The van der Waals surface area contributed by atoms with Crippen molar-refractivity contribution < 1.29 is 28.0 Å². The van der Waals surface area contributed by atoms with Crippen LogP contribution in [0.25, 0.3) is 0 Å². The van der Waals surface area contributed by atoms with Crippen molar-refractivity contribution >= 4 is 23.2 Å². The zero-order valence-corrected chi connectivity index (χ0v) is 14.6. The summed E-state index contributed by atoms with van der Waals surface area (Å²) in [6.07, 6.45) is 0. The zero-order valence-electron chi connectivity index (χ0n) is 14.6. The van der Waals surface area contributed by atoms with Gasteiger partial charge in [-0.1, -0.05) is 0 Å². The molecule has 0 spiro atoms. The Morgan fingerprint density at radius 3 is 2.79 bits per heavy atom. The number of nitro groups is 1. The number of anilines is 1. The maximum Gasteiger partial charge on any atom is 0.271 e. The van der Waals surface area contributed by atoms with E-state index in [4.69, 9.17) is 4.74 Å². The summed E-state index contributed by atoms with van der Waals surface area (Å²) in [6, 6.07) is 5.73. The summed E-state index contributed by atoms with van der Waals surface area (Å²) in [6.45, 7) is 0.680. The van der Waals surface area contributed by atoms with Crippen molar-refractivity contribution in [3.05, 3.63) is 63.7 Å². The largest absolute Gasteiger partial charge is 0.482 e. The van der Waals surface area contributed by atoms with Crippen LogP contribution in [0, 0.1) is 21.7 Å². The molecule has 0 aliphatic carbocycles. The first kappa shape index (κ1) is 19.2. The third-order valence-electron chi connectivity index (χ3n) is 4.20. The fourth-order valence-electron chi connectivity index (χ4n) is 2.83. The molecule has 2 aromatic rings. The van der Waals surface area contributed by atoms with Gasteiger partial charge < -0.3 is 10.1 Å². The Bertz CT molecular complexity index is 966. The minimum atomic E-state index is -0.857. The van der Waals surface area contributed by atoms with Crippen molar-refractivity contribution in [2.45, 2.75) is 13.0 Å². The molecule has 28 heavy (non-hydrogen) atoms. The Morgan fingerprint density at radius 2 is 2.07 bits per heavy atom. The summed E-state index contributed by atoms with van der Waals surface area (Å²) in [7, 11) is 0. The predicted molar refractivity (Wildman–Crippen MR) is 93.9 cm³/mol. The third-order valence-corrected chi connectivity index (χ3v) is 4.20. The Kier molecular flexibility index (Phi) is 5.21. The van der Waals surface area contributed by atoms with Crippen LogP contribution in [0.1, 0.15) is 18.5 Å². The van der Waals surface area contributed by atoms with Gasteiger partial charge in [-0.15, -0.1) is 0 Å². The second kappa shape index (κ2) is 7.59. The number of amides is 2. The molecular weight excluding hydrogens is 376 g/mol. The topological polar surface area (TPSA) is 102 Å². The number of hydrogen-bond donors (Lipinski definition) is 1. The molecule has 2 amide bonds. The van der Waals surface area contributed by atoms with Crippen LogP contribution in [0.4, 0.5) is 20.2 Å². The van der Waals surface area contributed by atoms with Gasteiger partial charge in [-0.05, 0) is 31.2 Å². The van der Waals surface area contributed by atoms with Crippen LogP contribution in [0.2, 0.25) is 0 Å². The van der Waals surface area contributed by atoms with Crippen LogP contribution in [-0.4, -0.2) is 29.9 Å². The van der Waals surface area contributed by atoms with Gasteiger partial charge in [-0.25, -0.2) is 8.78 Å². The van der Waals surface area contributed by atoms with Crippen molar-refractivity contribution in [1.82, 2.24) is 5.32 Å². The van der Waals surface area contributed by atoms with E-state index in [0.717, 1.165) is 29.2 Å². The van der Waals surface area contributed by atoms with Gasteiger partial charge in [0.15, 0.2) is 6.61 Å². The number of carbonyl (C=O) groups is 2. The molecule has 0 saturated heterocycles. The summed E-state index contributed by atoms with van der Waals surface area (Å²) < 4.78 is 32.4. The molecule has 10 heteroatoms. The Hall–Kier alpha value is -3.56. The van der Waals surface area contributed by atoms with Crippen LogP contribution in [-0.2, 0) is 9.59 Å². The first-order chi connectivity index (χ1) is 13.3. The molecule has 1 atom stereocenters. The van der Waals surface area contributed by atoms with Gasteiger partial charge in [0.1, 0.15) is 23.9 Å². The van der Waals surface area contributed by atoms with Crippen molar-refractivity contribution in [3.63, 3.8) is 0 Å². The second-order valence-electron chi connectivity index (χ2n) is 6.13. The number of benzene rings is 2. The summed E-state index contributed by atoms with van der Waals surface area (Å²) >= 11 is 0. The van der Waals surface area contributed by atoms with Gasteiger partial charge >= 0.3 is 0 Å². The molecule has 0 bridgehead atoms. The van der Waals surface area contributed by atoms with Crippen LogP contribution in [0.15, 0.2) is 36.4 Å². The van der Waals surface area contributed by atoms with E-state index in [1.165, 1.54) is 19.1 Å². The average molecular weight is 391 g/mol. The molecule has 1 N–H and O–H groups in total. The molecule has 0 saturated carbocycles. The Morgan fingerprint density at radius 1 is 1.32 bits per heavy atom. The molecule has 0 radical (unpaired) electrons. The first-order valence-electron chi connectivity index (χ1n) is 8.22. The maximum atomic E-state index is 13.8. The molecule has 3 rings (SSSR count). The number of ether oxygens (including phenoxy) is 1. The van der Waals surface area contributed by atoms with E-state index >= 15 is 0 Å². The number of nitrogens with one attached hydrogen (secondary N) is 1. The van der Waals surface area contributed by atoms with Crippen LogP contribution >= 0.6 is 0 Å². The average Bonchev–Trinajstić information content (AvgIpc) is 2.65. The fraction of sp³-hybridized carbons (Fsp3) is 0.222. The van der Waals surface area contributed by atoms with Gasteiger partial charge in [0, 0.05) is 17.7 Å². The molecule has 1 heterocycles. The van der Waals surface area contributed by atoms with Crippen molar-refractivity contribution in [2.75, 3.05) is 18.1 Å². The highest BCUT2D eigenvalue weighted by Crippen LogP contribution is 2.35. The lowest BCUT2D eigenvalue weighted by atomic mass is 10.1. The summed E-state index contributed by atoms with van der Waals surface area (Å²) in [5.41, 5.74) is -0.222. The highest BCUT2D eigenvalue weighted by Gasteiger charge is 2.29. The number of rotatable bonds is 5. The lowest BCUT2D eigenvalue weighted by molar-refractivity contribution is -0.384. The molecule has 8 nitrogen and oxygen atoms in total. The number of nitro benzene ring substituents is 1. The molecule has 146 valence electrons. The van der Waals surface area contributed by atoms with Crippen LogP contribution in [0.3, 0.4) is 0 Å². The number of halogens is 2. The lowest BCUT2D eigenvalue weighted by Gasteiger charge is -2.29. The van der Waals surface area contributed by atoms with E-state index in [1.54, 1.807) is 0 Å². The SMILES string of the molecule is CC(NC(=O)CN1C(=O)COc2ccc([N+](=O)[O-])cc21)c1cc(F)ccc1F. The monoisotopic (exact) mass is 391 g/mol. The number of nitrogens with zero attached hydrogens (tertiary/aromatic N) is 2. The molecule has 0 fully saturated rings. The van der Waals surface area contributed by atoms with E-state index in [1.807, 2.05) is 0 Å². The molecular formula is C18H15F2N3O5.